The van der Waals surface area contributed by atoms with E-state index in [1.807, 2.05) is 0 Å². The van der Waals surface area contributed by atoms with Gasteiger partial charge >= 0.3 is 0 Å². The Kier molecular flexibility index (Phi) is 6.29. The van der Waals surface area contributed by atoms with Crippen LogP contribution < -0.4 is 5.56 Å². The van der Waals surface area contributed by atoms with Gasteiger partial charge in [0.25, 0.3) is 11.2 Å². The van der Waals surface area contributed by atoms with Gasteiger partial charge in [-0.05, 0) is 30.4 Å². The van der Waals surface area contributed by atoms with Gasteiger partial charge in [0.05, 0.1) is 15.4 Å². The highest BCUT2D eigenvalue weighted by molar-refractivity contribution is 7.90. The predicted octanol–water partition coefficient (Wildman–Crippen LogP) is 1.85. The lowest BCUT2D eigenvalue weighted by atomic mass is 10.0. The Hall–Kier alpha value is -3.38. The summed E-state index contributed by atoms with van der Waals surface area (Å²) in [4.78, 5) is 36.4. The minimum Gasteiger partial charge on any atom is -0.494 e. The van der Waals surface area contributed by atoms with Crippen LogP contribution in [0.2, 0.25) is 0 Å². The van der Waals surface area contributed by atoms with Crippen molar-refractivity contribution in [3.05, 3.63) is 67.2 Å². The highest BCUT2D eigenvalue weighted by atomic mass is 32.2. The molecule has 0 saturated heterocycles. The molecule has 1 aromatic carbocycles. The maximum Gasteiger partial charge on any atom is 0.278 e. The molecular formula is C17H15N3O7S2. The Balaban J connectivity index is 2.80. The molecule has 152 valence electrons. The van der Waals surface area contributed by atoms with Crippen molar-refractivity contribution >= 4 is 45.7 Å². The molecule has 0 radical (unpaired) electrons. The number of sulfone groups is 1. The Bertz CT molecular complexity index is 1270. The van der Waals surface area contributed by atoms with Gasteiger partial charge in [-0.15, -0.1) is 6.58 Å². The molecule has 2 N–H and O–H groups in total. The normalized spacial score (nSPS) is 11.8. The van der Waals surface area contributed by atoms with Crippen molar-refractivity contribution in [1.29, 1.82) is 0 Å². The molecule has 10 nitrogen and oxygen atoms in total. The predicted molar refractivity (Wildman–Crippen MR) is 108 cm³/mol. The largest absolute Gasteiger partial charge is 0.494 e. The summed E-state index contributed by atoms with van der Waals surface area (Å²) in [5.74, 6) is -0.562. The maximum atomic E-state index is 12.2. The first-order valence-corrected chi connectivity index (χ1v) is 10.1. The van der Waals surface area contributed by atoms with Crippen LogP contribution in [0.3, 0.4) is 0 Å². The van der Waals surface area contributed by atoms with Gasteiger partial charge in [0, 0.05) is 24.4 Å². The van der Waals surface area contributed by atoms with E-state index in [-0.39, 0.29) is 39.2 Å². The van der Waals surface area contributed by atoms with Gasteiger partial charge in [-0.1, -0.05) is 6.08 Å². The number of nitro benzene ring substituents is 1. The third-order valence-electron chi connectivity index (χ3n) is 3.85. The van der Waals surface area contributed by atoms with Crippen LogP contribution in [0.15, 0.2) is 40.5 Å². The van der Waals surface area contributed by atoms with Crippen LogP contribution in [0.25, 0.3) is 11.6 Å². The van der Waals surface area contributed by atoms with Crippen LogP contribution in [0.4, 0.5) is 5.69 Å². The smallest absolute Gasteiger partial charge is 0.278 e. The summed E-state index contributed by atoms with van der Waals surface area (Å²) in [6, 6.07) is 3.00. The number of nitrogens with one attached hydrogen (secondary N) is 1. The standard InChI is InChI=1S/C17H15N3O7S2/c1-3-6-19-16(23)13(15(22)18-17(19)28)7-10(9-21)12-5-4-11(29(2,26)27)8-14(12)20(24)25/h3-5,7-9,23H,1,6H2,2H3,(H,18,22,28). The first-order valence-electron chi connectivity index (χ1n) is 7.84. The van der Waals surface area contributed by atoms with Gasteiger partial charge in [-0.3, -0.25) is 29.3 Å². The van der Waals surface area contributed by atoms with E-state index in [4.69, 9.17) is 12.2 Å². The van der Waals surface area contributed by atoms with Gasteiger partial charge < -0.3 is 5.11 Å². The molecule has 0 aliphatic carbocycles. The van der Waals surface area contributed by atoms with E-state index in [9.17, 15) is 33.2 Å². The summed E-state index contributed by atoms with van der Waals surface area (Å²) in [7, 11) is -3.73. The number of benzene rings is 1. The van der Waals surface area contributed by atoms with E-state index in [2.05, 4.69) is 11.6 Å². The molecular weight excluding hydrogens is 422 g/mol. The number of hydrogen-bond acceptors (Lipinski definition) is 8. The number of nitro groups is 1. The topological polar surface area (TPSA) is 152 Å². The monoisotopic (exact) mass is 437 g/mol. The summed E-state index contributed by atoms with van der Waals surface area (Å²) in [5, 5.41) is 21.8. The van der Waals surface area contributed by atoms with Crippen molar-refractivity contribution in [3.8, 4) is 5.88 Å². The zero-order valence-corrected chi connectivity index (χ0v) is 16.6. The fourth-order valence-electron chi connectivity index (χ4n) is 2.47. The molecule has 1 aromatic heterocycles. The molecule has 1 heterocycles. The van der Waals surface area contributed by atoms with E-state index in [1.165, 1.54) is 6.08 Å². The molecule has 0 bridgehead atoms. The van der Waals surface area contributed by atoms with Crippen LogP contribution in [0.1, 0.15) is 11.1 Å². The number of H-pyrrole nitrogens is 1. The van der Waals surface area contributed by atoms with Crippen molar-refractivity contribution in [2.75, 3.05) is 6.26 Å². The number of nitrogens with zero attached hydrogens (tertiary/aromatic N) is 2. The van der Waals surface area contributed by atoms with E-state index in [0.29, 0.717) is 0 Å². The zero-order chi connectivity index (χ0) is 21.9. The minimum absolute atomic E-state index is 0.0575. The van der Waals surface area contributed by atoms with Gasteiger partial charge in [0.2, 0.25) is 5.88 Å². The first kappa shape index (κ1) is 21.9. The Morgan fingerprint density at radius 2 is 2.10 bits per heavy atom. The van der Waals surface area contributed by atoms with Crippen LogP contribution in [0, 0.1) is 14.9 Å². The van der Waals surface area contributed by atoms with Crippen molar-refractivity contribution in [2.45, 2.75) is 11.4 Å². The Morgan fingerprint density at radius 1 is 1.45 bits per heavy atom. The van der Waals surface area contributed by atoms with Crippen LogP contribution in [-0.4, -0.2) is 40.5 Å². The number of carbonyl (C=O) groups excluding carboxylic acids is 1. The van der Waals surface area contributed by atoms with Crippen molar-refractivity contribution in [2.24, 2.45) is 0 Å². The van der Waals surface area contributed by atoms with Gasteiger partial charge in [-0.25, -0.2) is 8.42 Å². The fourth-order valence-corrected chi connectivity index (χ4v) is 3.37. The van der Waals surface area contributed by atoms with E-state index < -0.39 is 31.9 Å². The van der Waals surface area contributed by atoms with Gasteiger partial charge in [-0.2, -0.15) is 0 Å². The maximum absolute atomic E-state index is 12.2. The highest BCUT2D eigenvalue weighted by Gasteiger charge is 2.22. The Morgan fingerprint density at radius 3 is 2.62 bits per heavy atom. The second-order valence-electron chi connectivity index (χ2n) is 5.82. The SMILES string of the molecule is C=CCn1c(O)c(C=C(C=O)c2ccc(S(C)(=O)=O)cc2[N+](=O)[O-])c(=O)[nH]c1=S. The molecule has 0 spiro atoms. The third kappa shape index (κ3) is 4.55. The molecule has 29 heavy (non-hydrogen) atoms. The number of aldehydes is 1. The third-order valence-corrected chi connectivity index (χ3v) is 5.28. The lowest BCUT2D eigenvalue weighted by molar-refractivity contribution is -0.385. The molecule has 0 atom stereocenters. The molecule has 2 rings (SSSR count). The average molecular weight is 437 g/mol. The summed E-state index contributed by atoms with van der Waals surface area (Å²) >= 11 is 4.95. The minimum atomic E-state index is -3.73. The van der Waals surface area contributed by atoms with Gasteiger partial charge in [0.1, 0.15) is 5.56 Å². The second-order valence-corrected chi connectivity index (χ2v) is 8.22. The summed E-state index contributed by atoms with van der Waals surface area (Å²) in [6.45, 7) is 3.57. The van der Waals surface area contributed by atoms with Crippen molar-refractivity contribution in [1.82, 2.24) is 9.55 Å². The number of allylic oxidation sites excluding steroid dienone is 2. The Labute approximate surface area is 169 Å². The van der Waals surface area contributed by atoms with E-state index >= 15 is 0 Å². The lowest BCUT2D eigenvalue weighted by Crippen LogP contribution is -2.16. The zero-order valence-electron chi connectivity index (χ0n) is 15.0. The average Bonchev–Trinajstić information content (AvgIpc) is 2.64. The van der Waals surface area contributed by atoms with Crippen LogP contribution in [0.5, 0.6) is 5.88 Å². The van der Waals surface area contributed by atoms with Crippen LogP contribution in [-0.2, 0) is 21.2 Å². The molecule has 0 aliphatic rings. The summed E-state index contributed by atoms with van der Waals surface area (Å²) < 4.78 is 24.4. The van der Waals surface area contributed by atoms with Gasteiger partial charge in [0.15, 0.2) is 20.9 Å². The lowest BCUT2D eigenvalue weighted by Gasteiger charge is -2.10. The first-order chi connectivity index (χ1) is 13.5. The number of hydrogen-bond donors (Lipinski definition) is 2. The fraction of sp³-hybridized carbons (Fsp3) is 0.118. The highest BCUT2D eigenvalue weighted by Crippen LogP contribution is 2.30. The molecule has 0 amide bonds. The molecule has 0 saturated carbocycles. The summed E-state index contributed by atoms with van der Waals surface area (Å²) in [6.07, 6.45) is 3.50. The van der Waals surface area contributed by atoms with Crippen molar-refractivity contribution in [3.63, 3.8) is 0 Å². The van der Waals surface area contributed by atoms with Crippen LogP contribution >= 0.6 is 12.2 Å². The number of carbonyl (C=O) groups is 1. The number of aromatic hydroxyl groups is 1. The van der Waals surface area contributed by atoms with E-state index in [0.717, 1.165) is 35.1 Å². The van der Waals surface area contributed by atoms with E-state index in [1.54, 1.807) is 0 Å². The molecule has 2 aromatic rings. The molecule has 0 aliphatic heterocycles. The number of aromatic nitrogens is 2. The second kappa shape index (κ2) is 8.32. The molecule has 0 unspecified atom stereocenters. The van der Waals surface area contributed by atoms with Crippen molar-refractivity contribution < 1.29 is 23.2 Å². The summed E-state index contributed by atoms with van der Waals surface area (Å²) in [5.41, 5.74) is -2.37. The quantitative estimate of drug-likeness (QED) is 0.166. The number of rotatable bonds is 7. The molecule has 12 heteroatoms. The molecule has 0 fully saturated rings. The number of aromatic amines is 1.